The summed E-state index contributed by atoms with van der Waals surface area (Å²) in [4.78, 5) is 24.5. The molecule has 0 saturated heterocycles. The van der Waals surface area contributed by atoms with Gasteiger partial charge < -0.3 is 10.1 Å². The third-order valence-electron chi connectivity index (χ3n) is 3.54. The van der Waals surface area contributed by atoms with Crippen LogP contribution in [0.15, 0.2) is 36.0 Å². The summed E-state index contributed by atoms with van der Waals surface area (Å²) >= 11 is 1.35. The highest BCUT2D eigenvalue weighted by Crippen LogP contribution is 2.33. The molecule has 1 atom stereocenters. The van der Waals surface area contributed by atoms with E-state index in [1.54, 1.807) is 6.92 Å². The molecule has 1 aromatic carbocycles. The molecule has 0 bridgehead atoms. The van der Waals surface area contributed by atoms with Gasteiger partial charge in [0.05, 0.1) is 6.61 Å². The van der Waals surface area contributed by atoms with Crippen molar-refractivity contribution < 1.29 is 14.3 Å². The van der Waals surface area contributed by atoms with Crippen molar-refractivity contribution in [2.24, 2.45) is 0 Å². The van der Waals surface area contributed by atoms with E-state index in [4.69, 9.17) is 4.74 Å². The molecule has 0 aromatic heterocycles. The topological polar surface area (TPSA) is 55.4 Å². The number of esters is 1. The van der Waals surface area contributed by atoms with Crippen LogP contribution in [0.3, 0.4) is 0 Å². The van der Waals surface area contributed by atoms with E-state index in [9.17, 15) is 9.59 Å². The number of carbonyl (C=O) groups excluding carboxylic acids is 2. The number of hydrogen-bond donors (Lipinski definition) is 1. The largest absolute Gasteiger partial charge is 0.461 e. The first-order valence-corrected chi connectivity index (χ1v) is 9.06. The van der Waals surface area contributed by atoms with Crippen LogP contribution in [0.4, 0.5) is 0 Å². The Morgan fingerprint density at radius 3 is 2.50 bits per heavy atom. The number of rotatable bonds is 5. The number of ether oxygens (including phenoxy) is 1. The first-order valence-electron chi connectivity index (χ1n) is 8.24. The van der Waals surface area contributed by atoms with Gasteiger partial charge in [-0.3, -0.25) is 4.79 Å². The highest BCUT2D eigenvalue weighted by molar-refractivity contribution is 8.14. The quantitative estimate of drug-likeness (QED) is 0.822. The van der Waals surface area contributed by atoms with Gasteiger partial charge in [0.2, 0.25) is 0 Å². The maximum absolute atomic E-state index is 12.3. The van der Waals surface area contributed by atoms with E-state index < -0.39 is 0 Å². The molecular weight excluding hydrogens is 322 g/mol. The molecule has 130 valence electrons. The van der Waals surface area contributed by atoms with Crippen LogP contribution in [-0.4, -0.2) is 28.5 Å². The number of nitrogens with one attached hydrogen (secondary N) is 1. The molecule has 1 aromatic rings. The van der Waals surface area contributed by atoms with Crippen LogP contribution in [-0.2, 0) is 14.3 Å². The van der Waals surface area contributed by atoms with Crippen LogP contribution in [0.5, 0.6) is 0 Å². The number of hydrogen-bond acceptors (Lipinski definition) is 5. The monoisotopic (exact) mass is 347 g/mol. The van der Waals surface area contributed by atoms with Gasteiger partial charge in [-0.15, -0.1) is 0 Å². The highest BCUT2D eigenvalue weighted by Gasteiger charge is 2.31. The molecule has 2 rings (SSSR count). The molecule has 0 saturated carbocycles. The van der Waals surface area contributed by atoms with Crippen molar-refractivity contribution in [3.05, 3.63) is 41.6 Å². The van der Waals surface area contributed by atoms with Gasteiger partial charge in [0, 0.05) is 17.2 Å². The molecule has 1 heterocycles. The molecule has 1 aliphatic rings. The summed E-state index contributed by atoms with van der Waals surface area (Å²) in [7, 11) is 0. The Morgan fingerprint density at radius 2 is 1.92 bits per heavy atom. The van der Waals surface area contributed by atoms with Gasteiger partial charge in [0.15, 0.2) is 5.12 Å². The molecule has 0 fully saturated rings. The summed E-state index contributed by atoms with van der Waals surface area (Å²) in [5.74, 6) is -0.352. The Labute approximate surface area is 148 Å². The first-order chi connectivity index (χ1) is 11.3. The SMILES string of the molecule is CCOC(=O)C1=C(c2ccccc2)CC(CC(=O)SC(C)(C)C)N1. The Hall–Kier alpha value is -1.75. The highest BCUT2D eigenvalue weighted by atomic mass is 32.2. The van der Waals surface area contributed by atoms with Crippen molar-refractivity contribution in [3.63, 3.8) is 0 Å². The van der Waals surface area contributed by atoms with Gasteiger partial charge in [0.1, 0.15) is 5.70 Å². The number of thioether (sulfide) groups is 1. The molecule has 0 spiro atoms. The maximum atomic E-state index is 12.3. The Morgan fingerprint density at radius 1 is 1.25 bits per heavy atom. The molecule has 24 heavy (non-hydrogen) atoms. The van der Waals surface area contributed by atoms with E-state index in [2.05, 4.69) is 5.32 Å². The van der Waals surface area contributed by atoms with Crippen LogP contribution >= 0.6 is 11.8 Å². The zero-order valence-electron chi connectivity index (χ0n) is 14.7. The fourth-order valence-electron chi connectivity index (χ4n) is 2.69. The van der Waals surface area contributed by atoms with Crippen molar-refractivity contribution in [1.29, 1.82) is 0 Å². The lowest BCUT2D eigenvalue weighted by Crippen LogP contribution is -2.29. The fourth-order valence-corrected chi connectivity index (χ4v) is 3.65. The lowest BCUT2D eigenvalue weighted by molar-refractivity contribution is -0.138. The maximum Gasteiger partial charge on any atom is 0.354 e. The van der Waals surface area contributed by atoms with Crippen molar-refractivity contribution >= 4 is 28.4 Å². The molecule has 5 heteroatoms. The molecule has 1 unspecified atom stereocenters. The first kappa shape index (κ1) is 18.6. The minimum atomic E-state index is -0.352. The van der Waals surface area contributed by atoms with Gasteiger partial charge in [-0.2, -0.15) is 0 Å². The average molecular weight is 347 g/mol. The minimum absolute atomic E-state index is 0.0676. The Balaban J connectivity index is 2.14. The summed E-state index contributed by atoms with van der Waals surface area (Å²) in [6.45, 7) is 8.19. The summed E-state index contributed by atoms with van der Waals surface area (Å²) in [6, 6.07) is 9.71. The van der Waals surface area contributed by atoms with E-state index in [0.29, 0.717) is 25.1 Å². The number of carbonyl (C=O) groups is 2. The van der Waals surface area contributed by atoms with Gasteiger partial charge >= 0.3 is 5.97 Å². The van der Waals surface area contributed by atoms with E-state index in [-0.39, 0.29) is 21.9 Å². The summed E-state index contributed by atoms with van der Waals surface area (Å²) < 4.78 is 5.06. The normalized spacial score (nSPS) is 17.6. The summed E-state index contributed by atoms with van der Waals surface area (Å²) in [6.07, 6.45) is 1.04. The molecule has 0 amide bonds. The van der Waals surface area contributed by atoms with Crippen molar-refractivity contribution in [1.82, 2.24) is 5.32 Å². The van der Waals surface area contributed by atoms with Crippen molar-refractivity contribution in [3.8, 4) is 0 Å². The van der Waals surface area contributed by atoms with Crippen LogP contribution in [0.1, 0.15) is 46.1 Å². The lowest BCUT2D eigenvalue weighted by atomic mass is 10.00. The molecule has 1 aliphatic heterocycles. The summed E-state index contributed by atoms with van der Waals surface area (Å²) in [5, 5.41) is 3.35. The third-order valence-corrected chi connectivity index (χ3v) is 4.54. The number of benzene rings is 1. The van der Waals surface area contributed by atoms with E-state index in [0.717, 1.165) is 11.1 Å². The van der Waals surface area contributed by atoms with Crippen LogP contribution in [0.2, 0.25) is 0 Å². The minimum Gasteiger partial charge on any atom is -0.461 e. The third kappa shape index (κ3) is 5.13. The molecule has 0 aliphatic carbocycles. The smallest absolute Gasteiger partial charge is 0.354 e. The van der Waals surface area contributed by atoms with Gasteiger partial charge in [-0.05, 0) is 24.5 Å². The average Bonchev–Trinajstić information content (AvgIpc) is 2.90. The Kier molecular flexibility index (Phi) is 6.10. The zero-order chi connectivity index (χ0) is 17.7. The predicted molar refractivity (Wildman–Crippen MR) is 98.5 cm³/mol. The van der Waals surface area contributed by atoms with E-state index in [1.807, 2.05) is 51.1 Å². The standard InChI is InChI=1S/C19H25NO3S/c1-5-23-18(22)17-15(13-9-7-6-8-10-13)11-14(20-17)12-16(21)24-19(2,3)4/h6-10,14,20H,5,11-12H2,1-4H3. The van der Waals surface area contributed by atoms with Crippen LogP contribution in [0, 0.1) is 0 Å². The van der Waals surface area contributed by atoms with Gasteiger partial charge in [0.25, 0.3) is 0 Å². The van der Waals surface area contributed by atoms with E-state index >= 15 is 0 Å². The summed E-state index contributed by atoms with van der Waals surface area (Å²) in [5.41, 5.74) is 2.40. The van der Waals surface area contributed by atoms with Crippen molar-refractivity contribution in [2.45, 2.75) is 51.3 Å². The van der Waals surface area contributed by atoms with Crippen molar-refractivity contribution in [2.75, 3.05) is 6.61 Å². The second kappa shape index (κ2) is 7.88. The van der Waals surface area contributed by atoms with E-state index in [1.165, 1.54) is 11.8 Å². The zero-order valence-corrected chi connectivity index (χ0v) is 15.5. The molecule has 1 N–H and O–H groups in total. The van der Waals surface area contributed by atoms with Gasteiger partial charge in [-0.25, -0.2) is 4.79 Å². The van der Waals surface area contributed by atoms with Crippen LogP contribution in [0.25, 0.3) is 5.57 Å². The lowest BCUT2D eigenvalue weighted by Gasteiger charge is -2.18. The van der Waals surface area contributed by atoms with Gasteiger partial charge in [-0.1, -0.05) is 62.9 Å². The Bertz CT molecular complexity index is 632. The fraction of sp³-hybridized carbons (Fsp3) is 0.474. The van der Waals surface area contributed by atoms with Crippen LogP contribution < -0.4 is 5.32 Å². The molecule has 4 nitrogen and oxygen atoms in total. The second-order valence-corrected chi connectivity index (χ2v) is 8.66. The molecule has 0 radical (unpaired) electrons. The second-order valence-electron chi connectivity index (χ2n) is 6.78. The predicted octanol–water partition coefficient (Wildman–Crippen LogP) is 3.77. The molecular formula is C19H25NO3S.